The molecular formula is C16H21N3O. The van der Waals surface area contributed by atoms with Crippen LogP contribution >= 0.6 is 0 Å². The highest BCUT2D eigenvalue weighted by atomic mass is 16.5. The van der Waals surface area contributed by atoms with Gasteiger partial charge in [0.1, 0.15) is 0 Å². The van der Waals surface area contributed by atoms with Crippen LogP contribution in [-0.2, 0) is 23.2 Å². The molecule has 2 N–H and O–H groups in total. The molecule has 0 atom stereocenters. The van der Waals surface area contributed by atoms with Crippen molar-refractivity contribution < 1.29 is 4.74 Å². The second kappa shape index (κ2) is 4.63. The Kier molecular flexibility index (Phi) is 3.05. The molecule has 0 unspecified atom stereocenters. The lowest BCUT2D eigenvalue weighted by molar-refractivity contribution is 0.110. The van der Waals surface area contributed by atoms with Crippen LogP contribution < -0.4 is 5.73 Å². The summed E-state index contributed by atoms with van der Waals surface area (Å²) in [6.45, 7) is 7.95. The predicted octanol–water partition coefficient (Wildman–Crippen LogP) is 2.82. The molecule has 0 saturated carbocycles. The molecule has 0 bridgehead atoms. The number of fused-ring (bicyclic) bond motifs is 1. The first-order valence-corrected chi connectivity index (χ1v) is 7.02. The average Bonchev–Trinajstić information content (AvgIpc) is 2.76. The minimum absolute atomic E-state index is 0.162. The summed E-state index contributed by atoms with van der Waals surface area (Å²) >= 11 is 0. The summed E-state index contributed by atoms with van der Waals surface area (Å²) in [4.78, 5) is 0. The lowest BCUT2D eigenvalue weighted by atomic mass is 9.87. The minimum atomic E-state index is 0.162. The van der Waals surface area contributed by atoms with E-state index in [1.54, 1.807) is 0 Å². The third-order valence-electron chi connectivity index (χ3n) is 3.83. The monoisotopic (exact) mass is 271 g/mol. The van der Waals surface area contributed by atoms with E-state index in [1.807, 2.05) is 4.68 Å². The molecule has 0 amide bonds. The van der Waals surface area contributed by atoms with Gasteiger partial charge in [0.2, 0.25) is 0 Å². The summed E-state index contributed by atoms with van der Waals surface area (Å²) in [5.74, 6) is 0.583. The molecule has 1 aromatic heterocycles. The predicted molar refractivity (Wildman–Crippen MR) is 80.0 cm³/mol. The third-order valence-corrected chi connectivity index (χ3v) is 3.83. The van der Waals surface area contributed by atoms with Crippen LogP contribution in [0, 0.1) is 0 Å². The second-order valence-electron chi connectivity index (χ2n) is 6.32. The first-order valence-electron chi connectivity index (χ1n) is 7.02. The number of rotatable bonds is 1. The summed E-state index contributed by atoms with van der Waals surface area (Å²) < 4.78 is 7.41. The number of anilines is 1. The Morgan fingerprint density at radius 3 is 2.55 bits per heavy atom. The molecule has 2 heterocycles. The third kappa shape index (κ3) is 2.20. The van der Waals surface area contributed by atoms with Crippen molar-refractivity contribution in [3.8, 4) is 5.69 Å². The first kappa shape index (κ1) is 13.2. The number of nitrogens with zero attached hydrogens (tertiary/aromatic N) is 2. The van der Waals surface area contributed by atoms with Gasteiger partial charge in [0.25, 0.3) is 0 Å². The summed E-state index contributed by atoms with van der Waals surface area (Å²) in [6.07, 6.45) is 0.862. The second-order valence-corrected chi connectivity index (χ2v) is 6.32. The van der Waals surface area contributed by atoms with E-state index in [-0.39, 0.29) is 5.41 Å². The van der Waals surface area contributed by atoms with Crippen LogP contribution in [0.15, 0.2) is 24.3 Å². The Hall–Kier alpha value is -1.81. The highest BCUT2D eigenvalue weighted by molar-refractivity contribution is 5.48. The van der Waals surface area contributed by atoms with Crippen LogP contribution in [0.4, 0.5) is 5.82 Å². The van der Waals surface area contributed by atoms with Crippen molar-refractivity contribution in [2.75, 3.05) is 12.3 Å². The molecule has 0 fully saturated rings. The van der Waals surface area contributed by atoms with E-state index in [9.17, 15) is 0 Å². The van der Waals surface area contributed by atoms with E-state index in [4.69, 9.17) is 10.5 Å². The molecule has 4 nitrogen and oxygen atoms in total. The van der Waals surface area contributed by atoms with Gasteiger partial charge in [0.05, 0.1) is 24.6 Å². The smallest absolute Gasteiger partial charge is 0.151 e. The van der Waals surface area contributed by atoms with Gasteiger partial charge in [0, 0.05) is 12.0 Å². The van der Waals surface area contributed by atoms with Gasteiger partial charge >= 0.3 is 0 Å². The highest BCUT2D eigenvalue weighted by Gasteiger charge is 2.21. The number of aromatic nitrogens is 2. The lowest BCUT2D eigenvalue weighted by Gasteiger charge is -2.19. The van der Waals surface area contributed by atoms with Crippen molar-refractivity contribution in [3.05, 3.63) is 41.1 Å². The SMILES string of the molecule is CC(C)(C)c1ccc(-n2nc(N)c3c2CCOC3)cc1. The Morgan fingerprint density at radius 2 is 1.90 bits per heavy atom. The average molecular weight is 271 g/mol. The fourth-order valence-corrected chi connectivity index (χ4v) is 2.58. The van der Waals surface area contributed by atoms with Gasteiger partial charge in [-0.1, -0.05) is 32.9 Å². The van der Waals surface area contributed by atoms with Gasteiger partial charge in [-0.05, 0) is 23.1 Å². The summed E-state index contributed by atoms with van der Waals surface area (Å²) in [6, 6.07) is 8.56. The standard InChI is InChI=1S/C16H21N3O/c1-16(2,3)11-4-6-12(7-5-11)19-14-8-9-20-10-13(14)15(17)18-19/h4-7H,8-10H2,1-3H3,(H2,17,18). The van der Waals surface area contributed by atoms with E-state index in [2.05, 4.69) is 50.1 Å². The molecule has 1 aliphatic heterocycles. The van der Waals surface area contributed by atoms with E-state index in [0.29, 0.717) is 12.4 Å². The molecular weight excluding hydrogens is 250 g/mol. The van der Waals surface area contributed by atoms with Gasteiger partial charge in [0.15, 0.2) is 5.82 Å². The lowest BCUT2D eigenvalue weighted by Crippen LogP contribution is -2.14. The fraction of sp³-hybridized carbons (Fsp3) is 0.438. The van der Waals surface area contributed by atoms with Crippen molar-refractivity contribution in [1.29, 1.82) is 0 Å². The van der Waals surface area contributed by atoms with Gasteiger partial charge in [-0.25, -0.2) is 4.68 Å². The van der Waals surface area contributed by atoms with Gasteiger partial charge < -0.3 is 10.5 Å². The van der Waals surface area contributed by atoms with E-state index in [1.165, 1.54) is 11.3 Å². The number of nitrogen functional groups attached to an aromatic ring is 1. The maximum Gasteiger partial charge on any atom is 0.151 e. The summed E-state index contributed by atoms with van der Waals surface area (Å²) in [5, 5.41) is 4.47. The van der Waals surface area contributed by atoms with Crippen molar-refractivity contribution in [1.82, 2.24) is 9.78 Å². The van der Waals surface area contributed by atoms with Gasteiger partial charge in [-0.2, -0.15) is 5.10 Å². The molecule has 2 aromatic rings. The normalized spacial score (nSPS) is 15.2. The van der Waals surface area contributed by atoms with E-state index in [0.717, 1.165) is 24.3 Å². The number of hydrogen-bond donors (Lipinski definition) is 1. The zero-order valence-corrected chi connectivity index (χ0v) is 12.3. The van der Waals surface area contributed by atoms with Crippen molar-refractivity contribution in [2.24, 2.45) is 0 Å². The molecule has 1 aliphatic rings. The van der Waals surface area contributed by atoms with Crippen LogP contribution in [0.25, 0.3) is 5.69 Å². The first-order chi connectivity index (χ1) is 9.47. The van der Waals surface area contributed by atoms with E-state index < -0.39 is 0 Å². The maximum atomic E-state index is 5.99. The zero-order chi connectivity index (χ0) is 14.3. The molecule has 4 heteroatoms. The largest absolute Gasteiger partial charge is 0.382 e. The number of nitrogens with two attached hydrogens (primary N) is 1. The molecule has 1 aromatic carbocycles. The molecule has 106 valence electrons. The number of ether oxygens (including phenoxy) is 1. The molecule has 0 radical (unpaired) electrons. The Balaban J connectivity index is 2.01. The van der Waals surface area contributed by atoms with Crippen molar-refractivity contribution >= 4 is 5.82 Å². The fourth-order valence-electron chi connectivity index (χ4n) is 2.58. The van der Waals surface area contributed by atoms with Crippen molar-refractivity contribution in [3.63, 3.8) is 0 Å². The number of benzene rings is 1. The minimum Gasteiger partial charge on any atom is -0.382 e. The number of hydrogen-bond acceptors (Lipinski definition) is 3. The van der Waals surface area contributed by atoms with Crippen LogP contribution in [0.2, 0.25) is 0 Å². The van der Waals surface area contributed by atoms with Crippen LogP contribution in [-0.4, -0.2) is 16.4 Å². The van der Waals surface area contributed by atoms with Gasteiger partial charge in [-0.15, -0.1) is 0 Å². The van der Waals surface area contributed by atoms with E-state index >= 15 is 0 Å². The topological polar surface area (TPSA) is 53.1 Å². The molecule has 20 heavy (non-hydrogen) atoms. The maximum absolute atomic E-state index is 5.99. The molecule has 3 rings (SSSR count). The Labute approximate surface area is 119 Å². The Bertz CT molecular complexity index is 620. The zero-order valence-electron chi connectivity index (χ0n) is 12.3. The van der Waals surface area contributed by atoms with Crippen molar-refractivity contribution in [2.45, 2.75) is 39.2 Å². The molecule has 0 saturated heterocycles. The molecule has 0 spiro atoms. The van der Waals surface area contributed by atoms with Gasteiger partial charge in [-0.3, -0.25) is 0 Å². The van der Waals surface area contributed by atoms with Crippen LogP contribution in [0.5, 0.6) is 0 Å². The summed E-state index contributed by atoms with van der Waals surface area (Å²) in [5.41, 5.74) is 10.7. The molecule has 0 aliphatic carbocycles. The highest BCUT2D eigenvalue weighted by Crippen LogP contribution is 2.27. The summed E-state index contributed by atoms with van der Waals surface area (Å²) in [7, 11) is 0. The van der Waals surface area contributed by atoms with Crippen LogP contribution in [0.3, 0.4) is 0 Å². The quantitative estimate of drug-likeness (QED) is 0.867. The Morgan fingerprint density at radius 1 is 1.20 bits per heavy atom. The van der Waals surface area contributed by atoms with Crippen LogP contribution in [0.1, 0.15) is 37.6 Å².